The van der Waals surface area contributed by atoms with Crippen molar-refractivity contribution in [3.05, 3.63) is 83.4 Å². The van der Waals surface area contributed by atoms with Crippen molar-refractivity contribution in [3.8, 4) is 16.9 Å². The lowest BCUT2D eigenvalue weighted by Crippen LogP contribution is -2.64. The van der Waals surface area contributed by atoms with Crippen LogP contribution in [0.5, 0.6) is 5.75 Å². The van der Waals surface area contributed by atoms with Gasteiger partial charge in [0, 0.05) is 39.7 Å². The number of rotatable bonds is 13. The quantitative estimate of drug-likeness (QED) is 0.169. The highest BCUT2D eigenvalue weighted by atomic mass is 16.7. The number of alkyl carbamates (subject to hydrolysis) is 1. The molecule has 0 bridgehead atoms. The van der Waals surface area contributed by atoms with Gasteiger partial charge >= 0.3 is 30.0 Å². The van der Waals surface area contributed by atoms with E-state index in [2.05, 4.69) is 10.6 Å². The van der Waals surface area contributed by atoms with E-state index in [1.54, 1.807) is 0 Å². The first kappa shape index (κ1) is 39.2. The molecule has 0 saturated carbocycles. The monoisotopic (exact) mass is 748 g/mol. The Labute approximate surface area is 309 Å². The van der Waals surface area contributed by atoms with Gasteiger partial charge in [-0.3, -0.25) is 19.2 Å². The van der Waals surface area contributed by atoms with E-state index in [0.29, 0.717) is 5.56 Å². The summed E-state index contributed by atoms with van der Waals surface area (Å²) in [5.41, 5.74) is 4.68. The molecule has 3 aromatic rings. The number of hydrogen-bond acceptors (Lipinski definition) is 14. The van der Waals surface area contributed by atoms with E-state index >= 15 is 0 Å². The SMILES string of the molecule is COC(=O)C1O[C@@H](Oc2ccc(CO)cc2NC(=O)CCNC(=O)OCC2c3ccccc3-c3ccccc32)C(OC(C)=O)[C@@H](OC(C)=O)[C@@H]1OC(C)=O. The predicted octanol–water partition coefficient (Wildman–Crippen LogP) is 3.12. The third kappa shape index (κ3) is 9.31. The minimum Gasteiger partial charge on any atom is -0.467 e. The second-order valence-electron chi connectivity index (χ2n) is 12.3. The van der Waals surface area contributed by atoms with Crippen LogP contribution in [0.4, 0.5) is 10.5 Å². The number of carbonyl (C=O) groups excluding carboxylic acids is 6. The van der Waals surface area contributed by atoms with Gasteiger partial charge in [0.05, 0.1) is 19.4 Å². The van der Waals surface area contributed by atoms with Gasteiger partial charge < -0.3 is 48.9 Å². The van der Waals surface area contributed by atoms with E-state index in [4.69, 9.17) is 33.2 Å². The van der Waals surface area contributed by atoms with E-state index in [1.807, 2.05) is 48.5 Å². The third-order valence-corrected chi connectivity index (χ3v) is 8.54. The molecule has 1 fully saturated rings. The van der Waals surface area contributed by atoms with Gasteiger partial charge in [-0.2, -0.15) is 0 Å². The minimum absolute atomic E-state index is 0.0265. The first-order valence-corrected chi connectivity index (χ1v) is 16.9. The zero-order valence-corrected chi connectivity index (χ0v) is 29.9. The summed E-state index contributed by atoms with van der Waals surface area (Å²) in [5, 5.41) is 15.0. The first-order chi connectivity index (χ1) is 25.9. The van der Waals surface area contributed by atoms with E-state index < -0.39 is 73.2 Å². The summed E-state index contributed by atoms with van der Waals surface area (Å²) in [6.07, 6.45) is -9.12. The molecule has 54 heavy (non-hydrogen) atoms. The summed E-state index contributed by atoms with van der Waals surface area (Å²) < 4.78 is 38.3. The number of hydrogen-bond donors (Lipinski definition) is 3. The average Bonchev–Trinajstić information content (AvgIpc) is 3.46. The highest BCUT2D eigenvalue weighted by Crippen LogP contribution is 2.44. The molecule has 5 rings (SSSR count). The van der Waals surface area contributed by atoms with Crippen LogP contribution >= 0.6 is 0 Å². The Balaban J connectivity index is 1.26. The first-order valence-electron chi connectivity index (χ1n) is 16.9. The number of nitrogens with one attached hydrogen (secondary N) is 2. The lowest BCUT2D eigenvalue weighted by Gasteiger charge is -2.43. The normalized spacial score (nSPS) is 20.0. The van der Waals surface area contributed by atoms with Crippen LogP contribution < -0.4 is 15.4 Å². The highest BCUT2D eigenvalue weighted by Gasteiger charge is 2.56. The molecule has 16 nitrogen and oxygen atoms in total. The predicted molar refractivity (Wildman–Crippen MR) is 187 cm³/mol. The average molecular weight is 749 g/mol. The molecule has 1 aliphatic heterocycles. The van der Waals surface area contributed by atoms with E-state index in [0.717, 1.165) is 50.1 Å². The maximum absolute atomic E-state index is 13.1. The largest absolute Gasteiger partial charge is 0.467 e. The summed E-state index contributed by atoms with van der Waals surface area (Å²) in [6.45, 7) is 2.75. The Hall–Kier alpha value is -6.00. The fourth-order valence-corrected chi connectivity index (χ4v) is 6.32. The maximum atomic E-state index is 13.1. The topological polar surface area (TPSA) is 211 Å². The fourth-order valence-electron chi connectivity index (χ4n) is 6.32. The van der Waals surface area contributed by atoms with Gasteiger partial charge in [-0.05, 0) is 39.9 Å². The molecule has 2 unspecified atom stereocenters. The van der Waals surface area contributed by atoms with Gasteiger partial charge in [-0.1, -0.05) is 54.6 Å². The number of aliphatic hydroxyl groups is 1. The van der Waals surface area contributed by atoms with Crippen molar-refractivity contribution in [1.82, 2.24) is 5.32 Å². The van der Waals surface area contributed by atoms with Gasteiger partial charge in [0.15, 0.2) is 18.3 Å². The Morgan fingerprint density at radius 2 is 1.37 bits per heavy atom. The molecule has 1 saturated heterocycles. The van der Waals surface area contributed by atoms with E-state index in [1.165, 1.54) is 18.2 Å². The Morgan fingerprint density at radius 1 is 0.778 bits per heavy atom. The third-order valence-electron chi connectivity index (χ3n) is 8.54. The molecule has 286 valence electrons. The molecule has 3 N–H and O–H groups in total. The molecular formula is C38H40N2O14. The summed E-state index contributed by atoms with van der Waals surface area (Å²) >= 11 is 0. The van der Waals surface area contributed by atoms with Crippen LogP contribution in [0, 0.1) is 0 Å². The summed E-state index contributed by atoms with van der Waals surface area (Å²) in [7, 11) is 1.05. The van der Waals surface area contributed by atoms with Crippen molar-refractivity contribution in [1.29, 1.82) is 0 Å². The number of aliphatic hydroxyl groups excluding tert-OH is 1. The number of methoxy groups -OCH3 is 1. The van der Waals surface area contributed by atoms with Crippen LogP contribution in [0.15, 0.2) is 66.7 Å². The Morgan fingerprint density at radius 3 is 1.96 bits per heavy atom. The van der Waals surface area contributed by atoms with Crippen LogP contribution in [0.1, 0.15) is 49.8 Å². The highest BCUT2D eigenvalue weighted by molar-refractivity contribution is 5.92. The van der Waals surface area contributed by atoms with Crippen molar-refractivity contribution >= 4 is 41.6 Å². The van der Waals surface area contributed by atoms with Crippen molar-refractivity contribution < 1.29 is 67.0 Å². The molecule has 2 aliphatic rings. The summed E-state index contributed by atoms with van der Waals surface area (Å²) in [6, 6.07) is 20.1. The lowest BCUT2D eigenvalue weighted by molar-refractivity contribution is -0.282. The van der Waals surface area contributed by atoms with Gasteiger partial charge in [0.1, 0.15) is 12.4 Å². The number of carbonyl (C=O) groups is 6. The van der Waals surface area contributed by atoms with Crippen molar-refractivity contribution in [2.75, 3.05) is 25.6 Å². The van der Waals surface area contributed by atoms with Crippen LogP contribution in [0.3, 0.4) is 0 Å². The van der Waals surface area contributed by atoms with Gasteiger partial charge in [0.25, 0.3) is 0 Å². The number of fused-ring (bicyclic) bond motifs is 3. The van der Waals surface area contributed by atoms with Crippen molar-refractivity contribution in [3.63, 3.8) is 0 Å². The Kier molecular flexibility index (Phi) is 12.8. The van der Waals surface area contributed by atoms with E-state index in [-0.39, 0.29) is 36.9 Å². The number of ether oxygens (including phenoxy) is 7. The van der Waals surface area contributed by atoms with E-state index in [9.17, 15) is 33.9 Å². The van der Waals surface area contributed by atoms with Crippen LogP contribution in [-0.4, -0.2) is 92.0 Å². The number of anilines is 1. The van der Waals surface area contributed by atoms with Gasteiger partial charge in [-0.15, -0.1) is 0 Å². The minimum atomic E-state index is -1.71. The lowest BCUT2D eigenvalue weighted by atomic mass is 9.97. The standard InChI is InChI=1S/C38H40N2O14/c1-20(42)50-32-33(51-21(2)43)35(52-22(3)44)37(54-34(32)36(46)48-4)53-30-14-13-23(18-41)17-29(30)40-31(45)15-16-39-38(47)49-19-28-26-11-7-5-9-24(26)25-10-6-8-12-27(25)28/h5-14,17,28,32-35,37,41H,15-16,18-19H2,1-4H3,(H,39,47)(H,40,45)/t32-,33-,34?,35?,37+/m0/s1. The zero-order valence-electron chi connectivity index (χ0n) is 29.9. The zero-order chi connectivity index (χ0) is 38.9. The fraction of sp³-hybridized carbons (Fsp3) is 0.368. The molecule has 3 aromatic carbocycles. The summed E-state index contributed by atoms with van der Waals surface area (Å²) in [5.74, 6) is -4.42. The van der Waals surface area contributed by atoms with Crippen LogP contribution in [-0.2, 0) is 59.0 Å². The maximum Gasteiger partial charge on any atom is 0.407 e. The molecular weight excluding hydrogens is 708 g/mol. The second kappa shape index (κ2) is 17.7. The molecule has 0 radical (unpaired) electrons. The number of esters is 4. The van der Waals surface area contributed by atoms with Gasteiger partial charge in [0.2, 0.25) is 18.3 Å². The molecule has 5 atom stereocenters. The van der Waals surface area contributed by atoms with Crippen molar-refractivity contribution in [2.24, 2.45) is 0 Å². The van der Waals surface area contributed by atoms with Crippen molar-refractivity contribution in [2.45, 2.75) is 70.4 Å². The Bertz CT molecular complexity index is 1850. The summed E-state index contributed by atoms with van der Waals surface area (Å²) in [4.78, 5) is 74.9. The van der Waals surface area contributed by atoms with Gasteiger partial charge in [-0.25, -0.2) is 9.59 Å². The molecule has 0 aromatic heterocycles. The van der Waals surface area contributed by atoms with Crippen LogP contribution in [0.2, 0.25) is 0 Å². The number of amides is 2. The molecule has 0 spiro atoms. The molecule has 1 aliphatic carbocycles. The van der Waals surface area contributed by atoms with Crippen LogP contribution in [0.25, 0.3) is 11.1 Å². The molecule has 16 heteroatoms. The smallest absolute Gasteiger partial charge is 0.407 e. The molecule has 1 heterocycles. The molecule has 2 amide bonds. The second-order valence-corrected chi connectivity index (χ2v) is 12.3. The number of benzene rings is 3.